The molecule has 0 bridgehead atoms. The van der Waals surface area contributed by atoms with Gasteiger partial charge in [0.25, 0.3) is 0 Å². The number of primary sulfonamides is 1. The third kappa shape index (κ3) is 4.27. The van der Waals surface area contributed by atoms with Crippen LogP contribution < -0.4 is 10.5 Å². The van der Waals surface area contributed by atoms with Crippen LogP contribution in [0.3, 0.4) is 0 Å². The summed E-state index contributed by atoms with van der Waals surface area (Å²) in [4.78, 5) is 0.0861. The molecule has 0 unspecified atom stereocenters. The summed E-state index contributed by atoms with van der Waals surface area (Å²) in [6.07, 6.45) is 1.19. The molecule has 1 fully saturated rings. The summed E-state index contributed by atoms with van der Waals surface area (Å²) in [6.45, 7) is 0.494. The molecule has 0 atom stereocenters. The highest BCUT2D eigenvalue weighted by Gasteiger charge is 2.23. The predicted octanol–water partition coefficient (Wildman–Crippen LogP) is 0.000800. The van der Waals surface area contributed by atoms with E-state index >= 15 is 0 Å². The van der Waals surface area contributed by atoms with E-state index in [0.717, 1.165) is 5.56 Å². The first-order valence-electron chi connectivity index (χ1n) is 6.32. The van der Waals surface area contributed by atoms with Crippen molar-refractivity contribution >= 4 is 19.9 Å². The smallest absolute Gasteiger partial charge is 0.238 e. The van der Waals surface area contributed by atoms with Gasteiger partial charge in [-0.1, -0.05) is 12.1 Å². The van der Waals surface area contributed by atoms with Crippen molar-refractivity contribution in [3.63, 3.8) is 0 Å². The maximum absolute atomic E-state index is 11.3. The van der Waals surface area contributed by atoms with E-state index in [2.05, 4.69) is 5.32 Å². The van der Waals surface area contributed by atoms with Gasteiger partial charge in [-0.15, -0.1) is 0 Å². The molecule has 112 valence electrons. The molecule has 0 amide bonds. The fourth-order valence-electron chi connectivity index (χ4n) is 2.19. The van der Waals surface area contributed by atoms with Crippen LogP contribution in [0.2, 0.25) is 0 Å². The van der Waals surface area contributed by atoms with E-state index in [4.69, 9.17) is 5.14 Å². The maximum atomic E-state index is 11.3. The van der Waals surface area contributed by atoms with Gasteiger partial charge >= 0.3 is 0 Å². The molecular weight excluding hydrogens is 300 g/mol. The third-order valence-electron chi connectivity index (χ3n) is 3.38. The summed E-state index contributed by atoms with van der Waals surface area (Å²) in [5.74, 6) is 0.420. The summed E-state index contributed by atoms with van der Waals surface area (Å²) in [5, 5.41) is 8.33. The minimum atomic E-state index is -3.69. The number of nitrogens with two attached hydrogens (primary N) is 1. The fourth-order valence-corrected chi connectivity index (χ4v) is 4.26. The molecular formula is C12H18N2O4S2. The molecule has 0 saturated carbocycles. The molecule has 1 aliphatic heterocycles. The molecule has 6 nitrogen and oxygen atoms in total. The summed E-state index contributed by atoms with van der Waals surface area (Å²) in [5.41, 5.74) is 0.810. The van der Waals surface area contributed by atoms with Gasteiger partial charge in [0.05, 0.1) is 16.4 Å². The van der Waals surface area contributed by atoms with Gasteiger partial charge < -0.3 is 5.32 Å². The zero-order valence-electron chi connectivity index (χ0n) is 10.9. The number of hydrogen-bond acceptors (Lipinski definition) is 5. The summed E-state index contributed by atoms with van der Waals surface area (Å²) in [7, 11) is -6.55. The predicted molar refractivity (Wildman–Crippen MR) is 76.3 cm³/mol. The van der Waals surface area contributed by atoms with Gasteiger partial charge in [-0.2, -0.15) is 0 Å². The van der Waals surface area contributed by atoms with E-state index in [1.54, 1.807) is 12.1 Å². The molecule has 0 radical (unpaired) electrons. The van der Waals surface area contributed by atoms with Crippen LogP contribution in [0.25, 0.3) is 0 Å². The van der Waals surface area contributed by atoms with Crippen LogP contribution in [-0.2, 0) is 26.4 Å². The SMILES string of the molecule is NS(=O)(=O)c1cccc(CNC2CCS(=O)(=O)CC2)c1. The molecule has 0 spiro atoms. The van der Waals surface area contributed by atoms with Crippen LogP contribution in [0, 0.1) is 0 Å². The zero-order chi connectivity index (χ0) is 14.8. The molecule has 1 saturated heterocycles. The van der Waals surface area contributed by atoms with Gasteiger partial charge in [0.15, 0.2) is 0 Å². The Morgan fingerprint density at radius 3 is 2.50 bits per heavy atom. The summed E-state index contributed by atoms with van der Waals surface area (Å²) >= 11 is 0. The zero-order valence-corrected chi connectivity index (χ0v) is 12.6. The lowest BCUT2D eigenvalue weighted by Crippen LogP contribution is -2.37. The number of benzene rings is 1. The van der Waals surface area contributed by atoms with Crippen LogP contribution in [0.15, 0.2) is 29.2 Å². The lowest BCUT2D eigenvalue weighted by Gasteiger charge is -2.23. The van der Waals surface area contributed by atoms with E-state index in [0.29, 0.717) is 19.4 Å². The van der Waals surface area contributed by atoms with Gasteiger partial charge in [0, 0.05) is 12.6 Å². The van der Waals surface area contributed by atoms with Crippen LogP contribution in [0.4, 0.5) is 0 Å². The molecule has 8 heteroatoms. The van der Waals surface area contributed by atoms with E-state index in [1.807, 2.05) is 0 Å². The Balaban J connectivity index is 1.95. The fraction of sp³-hybridized carbons (Fsp3) is 0.500. The Kier molecular flexibility index (Phi) is 4.48. The van der Waals surface area contributed by atoms with Crippen molar-refractivity contribution < 1.29 is 16.8 Å². The first-order valence-corrected chi connectivity index (χ1v) is 9.69. The minimum Gasteiger partial charge on any atom is -0.310 e. The largest absolute Gasteiger partial charge is 0.310 e. The minimum absolute atomic E-state index is 0.0861. The van der Waals surface area contributed by atoms with E-state index in [1.165, 1.54) is 12.1 Å². The summed E-state index contributed by atoms with van der Waals surface area (Å²) < 4.78 is 45.1. The lowest BCUT2D eigenvalue weighted by atomic mass is 10.1. The number of hydrogen-bond donors (Lipinski definition) is 2. The van der Waals surface area contributed by atoms with E-state index < -0.39 is 19.9 Å². The number of rotatable bonds is 4. The van der Waals surface area contributed by atoms with Crippen molar-refractivity contribution in [3.05, 3.63) is 29.8 Å². The van der Waals surface area contributed by atoms with Crippen molar-refractivity contribution in [2.45, 2.75) is 30.3 Å². The average molecular weight is 318 g/mol. The maximum Gasteiger partial charge on any atom is 0.238 e. The van der Waals surface area contributed by atoms with Gasteiger partial charge in [-0.25, -0.2) is 22.0 Å². The second kappa shape index (κ2) is 5.80. The standard InChI is InChI=1S/C12H18N2O4S2/c13-20(17,18)12-3-1-2-10(8-12)9-14-11-4-6-19(15,16)7-5-11/h1-3,8,11,14H,4-7,9H2,(H2,13,17,18). The number of sulfone groups is 1. The van der Waals surface area contributed by atoms with Crippen LogP contribution >= 0.6 is 0 Å². The Morgan fingerprint density at radius 2 is 1.90 bits per heavy atom. The molecule has 3 N–H and O–H groups in total. The van der Waals surface area contributed by atoms with Gasteiger partial charge in [-0.3, -0.25) is 0 Å². The Bertz CT molecular complexity index is 669. The molecule has 20 heavy (non-hydrogen) atoms. The van der Waals surface area contributed by atoms with Crippen LogP contribution in [-0.4, -0.2) is 34.4 Å². The highest BCUT2D eigenvalue weighted by molar-refractivity contribution is 7.91. The first kappa shape index (κ1) is 15.4. The highest BCUT2D eigenvalue weighted by Crippen LogP contribution is 2.14. The first-order chi connectivity index (χ1) is 9.26. The van der Waals surface area contributed by atoms with Gasteiger partial charge in [0.1, 0.15) is 9.84 Å². The third-order valence-corrected chi connectivity index (χ3v) is 6.00. The van der Waals surface area contributed by atoms with Gasteiger partial charge in [0.2, 0.25) is 10.0 Å². The molecule has 1 aliphatic rings. The van der Waals surface area contributed by atoms with Crippen molar-refractivity contribution in [3.8, 4) is 0 Å². The molecule has 1 heterocycles. The quantitative estimate of drug-likeness (QED) is 0.813. The second-order valence-electron chi connectivity index (χ2n) is 5.00. The number of sulfonamides is 1. The van der Waals surface area contributed by atoms with Crippen LogP contribution in [0.5, 0.6) is 0 Å². The van der Waals surface area contributed by atoms with Crippen molar-refractivity contribution in [1.82, 2.24) is 5.32 Å². The topological polar surface area (TPSA) is 106 Å². The molecule has 0 aromatic heterocycles. The molecule has 1 aromatic rings. The van der Waals surface area contributed by atoms with Crippen LogP contribution in [0.1, 0.15) is 18.4 Å². The van der Waals surface area contributed by atoms with Crippen molar-refractivity contribution in [2.75, 3.05) is 11.5 Å². The van der Waals surface area contributed by atoms with Gasteiger partial charge in [-0.05, 0) is 30.5 Å². The second-order valence-corrected chi connectivity index (χ2v) is 8.86. The summed E-state index contributed by atoms with van der Waals surface area (Å²) in [6, 6.07) is 6.58. The Hall–Kier alpha value is -0.960. The van der Waals surface area contributed by atoms with E-state index in [9.17, 15) is 16.8 Å². The Labute approximate surface area is 119 Å². The number of nitrogens with one attached hydrogen (secondary N) is 1. The highest BCUT2D eigenvalue weighted by atomic mass is 32.2. The molecule has 1 aromatic carbocycles. The average Bonchev–Trinajstić information content (AvgIpc) is 2.37. The lowest BCUT2D eigenvalue weighted by molar-refractivity contribution is 0.463. The normalized spacial score (nSPS) is 19.9. The van der Waals surface area contributed by atoms with Crippen molar-refractivity contribution in [2.24, 2.45) is 5.14 Å². The molecule has 0 aliphatic carbocycles. The Morgan fingerprint density at radius 1 is 1.25 bits per heavy atom. The monoisotopic (exact) mass is 318 g/mol. The molecule has 2 rings (SSSR count). The van der Waals surface area contributed by atoms with E-state index in [-0.39, 0.29) is 22.4 Å². The van der Waals surface area contributed by atoms with Crippen molar-refractivity contribution in [1.29, 1.82) is 0 Å².